The number of aldehydes is 1. The molecule has 0 unspecified atom stereocenters. The predicted octanol–water partition coefficient (Wildman–Crippen LogP) is 6.55. The Kier molecular flexibility index (Phi) is 20.0. The Hall–Kier alpha value is -1.12. The van der Waals surface area contributed by atoms with Crippen LogP contribution in [0.5, 0.6) is 0 Å². The molecule has 0 aliphatic heterocycles. The summed E-state index contributed by atoms with van der Waals surface area (Å²) in [4.78, 5) is 21.1. The van der Waals surface area contributed by atoms with Crippen molar-refractivity contribution >= 4 is 12.3 Å². The van der Waals surface area contributed by atoms with E-state index in [9.17, 15) is 9.59 Å². The zero-order chi connectivity index (χ0) is 18.4. The van der Waals surface area contributed by atoms with E-state index in [0.29, 0.717) is 12.9 Å². The highest BCUT2D eigenvalue weighted by Gasteiger charge is 1.97. The Bertz CT molecular complexity index is 323. The molecule has 3 heteroatoms. The van der Waals surface area contributed by atoms with Crippen LogP contribution in [-0.4, -0.2) is 18.9 Å². The quantitative estimate of drug-likeness (QED) is 0.115. The average molecular weight is 353 g/mol. The standard InChI is InChI=1S/C22H40O3/c1-2-3-4-5-6-7-8-9-10-11-12-13-14-15-16-17-21-25-22(24)19-18-20-23/h18-20H,2-17,21H2,1H3/b19-18+. The molecule has 0 spiro atoms. The average Bonchev–Trinajstić information content (AvgIpc) is 2.62. The summed E-state index contributed by atoms with van der Waals surface area (Å²) in [6.45, 7) is 2.73. The Morgan fingerprint density at radius 2 is 1.08 bits per heavy atom. The lowest BCUT2D eigenvalue weighted by Crippen LogP contribution is -2.02. The normalized spacial score (nSPS) is 11.1. The maximum absolute atomic E-state index is 11.1. The Morgan fingerprint density at radius 1 is 0.680 bits per heavy atom. The Balaban J connectivity index is 3.08. The number of esters is 1. The molecular formula is C22H40O3. The van der Waals surface area contributed by atoms with E-state index in [-0.39, 0.29) is 0 Å². The highest BCUT2D eigenvalue weighted by molar-refractivity contribution is 5.86. The first-order valence-corrected chi connectivity index (χ1v) is 10.6. The summed E-state index contributed by atoms with van der Waals surface area (Å²) in [5, 5.41) is 0. The molecule has 146 valence electrons. The first-order valence-electron chi connectivity index (χ1n) is 10.6. The molecule has 0 aliphatic rings. The van der Waals surface area contributed by atoms with Crippen LogP contribution in [0.2, 0.25) is 0 Å². The van der Waals surface area contributed by atoms with Gasteiger partial charge in [-0.15, -0.1) is 0 Å². The van der Waals surface area contributed by atoms with E-state index in [4.69, 9.17) is 4.74 Å². The summed E-state index contributed by atoms with van der Waals surface area (Å²) in [5.41, 5.74) is 0. The zero-order valence-corrected chi connectivity index (χ0v) is 16.5. The molecule has 0 amide bonds. The second kappa shape index (κ2) is 20.9. The molecule has 0 aliphatic carbocycles. The Morgan fingerprint density at radius 3 is 1.48 bits per heavy atom. The number of carbonyl (C=O) groups is 2. The number of unbranched alkanes of at least 4 members (excludes halogenated alkanes) is 15. The fourth-order valence-corrected chi connectivity index (χ4v) is 2.99. The maximum atomic E-state index is 11.1. The molecule has 0 N–H and O–H groups in total. The van der Waals surface area contributed by atoms with Gasteiger partial charge in [0.2, 0.25) is 0 Å². The third-order valence-electron chi connectivity index (χ3n) is 4.55. The van der Waals surface area contributed by atoms with Gasteiger partial charge in [0.15, 0.2) is 0 Å². The largest absolute Gasteiger partial charge is 0.463 e. The first-order chi connectivity index (χ1) is 12.3. The molecule has 0 aromatic heterocycles. The predicted molar refractivity (Wildman–Crippen MR) is 106 cm³/mol. The van der Waals surface area contributed by atoms with E-state index in [1.165, 1.54) is 96.0 Å². The van der Waals surface area contributed by atoms with Crippen molar-refractivity contribution in [3.63, 3.8) is 0 Å². The van der Waals surface area contributed by atoms with Crippen LogP contribution in [0.3, 0.4) is 0 Å². The first kappa shape index (κ1) is 23.9. The van der Waals surface area contributed by atoms with Gasteiger partial charge in [0.25, 0.3) is 0 Å². The van der Waals surface area contributed by atoms with Crippen LogP contribution >= 0.6 is 0 Å². The minimum Gasteiger partial charge on any atom is -0.463 e. The van der Waals surface area contributed by atoms with Gasteiger partial charge in [-0.25, -0.2) is 4.79 Å². The molecule has 3 nitrogen and oxygen atoms in total. The van der Waals surface area contributed by atoms with Gasteiger partial charge in [0, 0.05) is 6.08 Å². The minimum absolute atomic E-state index is 0.423. The van der Waals surface area contributed by atoms with Crippen LogP contribution in [0, 0.1) is 0 Å². The van der Waals surface area contributed by atoms with E-state index in [0.717, 1.165) is 18.9 Å². The molecule has 0 heterocycles. The van der Waals surface area contributed by atoms with Crippen LogP contribution < -0.4 is 0 Å². The summed E-state index contributed by atoms with van der Waals surface area (Å²) in [7, 11) is 0. The SMILES string of the molecule is CCCCCCCCCCCCCCCCCCOC(=O)/C=C/C=O. The molecule has 0 radical (unpaired) electrons. The summed E-state index contributed by atoms with van der Waals surface area (Å²) in [6.07, 6.45) is 24.2. The van der Waals surface area contributed by atoms with Crippen molar-refractivity contribution in [3.8, 4) is 0 Å². The lowest BCUT2D eigenvalue weighted by Gasteiger charge is -2.04. The van der Waals surface area contributed by atoms with Crippen LogP contribution in [-0.2, 0) is 14.3 Å². The lowest BCUT2D eigenvalue weighted by atomic mass is 10.0. The van der Waals surface area contributed by atoms with Gasteiger partial charge in [-0.3, -0.25) is 4.79 Å². The van der Waals surface area contributed by atoms with Crippen molar-refractivity contribution in [2.24, 2.45) is 0 Å². The fourth-order valence-electron chi connectivity index (χ4n) is 2.99. The summed E-state index contributed by atoms with van der Waals surface area (Å²) >= 11 is 0. The molecule has 0 fully saturated rings. The minimum atomic E-state index is -0.423. The van der Waals surface area contributed by atoms with Crippen molar-refractivity contribution in [2.75, 3.05) is 6.61 Å². The van der Waals surface area contributed by atoms with Gasteiger partial charge >= 0.3 is 5.97 Å². The van der Waals surface area contributed by atoms with Gasteiger partial charge in [0.05, 0.1) is 6.61 Å². The van der Waals surface area contributed by atoms with Crippen molar-refractivity contribution in [2.45, 2.75) is 110 Å². The smallest absolute Gasteiger partial charge is 0.330 e. The number of ether oxygens (including phenoxy) is 1. The van der Waals surface area contributed by atoms with E-state index in [1.807, 2.05) is 0 Å². The summed E-state index contributed by atoms with van der Waals surface area (Å²) in [5.74, 6) is -0.423. The van der Waals surface area contributed by atoms with Crippen LogP contribution in [0.15, 0.2) is 12.2 Å². The second-order valence-electron chi connectivity index (χ2n) is 6.97. The lowest BCUT2D eigenvalue weighted by molar-refractivity contribution is -0.138. The van der Waals surface area contributed by atoms with Crippen molar-refractivity contribution < 1.29 is 14.3 Å². The number of carbonyl (C=O) groups excluding carboxylic acids is 2. The van der Waals surface area contributed by atoms with Gasteiger partial charge in [0.1, 0.15) is 6.29 Å². The van der Waals surface area contributed by atoms with Gasteiger partial charge < -0.3 is 4.74 Å². The summed E-state index contributed by atoms with van der Waals surface area (Å²) < 4.78 is 4.98. The molecule has 0 rings (SSSR count). The number of rotatable bonds is 19. The molecule has 25 heavy (non-hydrogen) atoms. The summed E-state index contributed by atoms with van der Waals surface area (Å²) in [6, 6.07) is 0. The molecule has 0 aromatic carbocycles. The number of hydrogen-bond donors (Lipinski definition) is 0. The topological polar surface area (TPSA) is 43.4 Å². The van der Waals surface area contributed by atoms with Crippen LogP contribution in [0.1, 0.15) is 110 Å². The molecule has 0 bridgehead atoms. The second-order valence-corrected chi connectivity index (χ2v) is 6.97. The van der Waals surface area contributed by atoms with E-state index >= 15 is 0 Å². The van der Waals surface area contributed by atoms with E-state index < -0.39 is 5.97 Å². The van der Waals surface area contributed by atoms with Gasteiger partial charge in [-0.1, -0.05) is 103 Å². The third kappa shape index (κ3) is 20.8. The number of allylic oxidation sites excluding steroid dienone is 1. The van der Waals surface area contributed by atoms with Crippen molar-refractivity contribution in [3.05, 3.63) is 12.2 Å². The van der Waals surface area contributed by atoms with E-state index in [2.05, 4.69) is 6.92 Å². The molecule has 0 saturated carbocycles. The van der Waals surface area contributed by atoms with Gasteiger partial charge in [-0.2, -0.15) is 0 Å². The maximum Gasteiger partial charge on any atom is 0.330 e. The molecule has 0 aromatic rings. The zero-order valence-electron chi connectivity index (χ0n) is 16.5. The highest BCUT2D eigenvalue weighted by atomic mass is 16.5. The van der Waals surface area contributed by atoms with Gasteiger partial charge in [-0.05, 0) is 12.5 Å². The Labute approximate surface area is 155 Å². The van der Waals surface area contributed by atoms with Crippen molar-refractivity contribution in [1.82, 2.24) is 0 Å². The third-order valence-corrected chi connectivity index (χ3v) is 4.55. The van der Waals surface area contributed by atoms with E-state index in [1.54, 1.807) is 0 Å². The highest BCUT2D eigenvalue weighted by Crippen LogP contribution is 2.13. The molecule has 0 atom stereocenters. The van der Waals surface area contributed by atoms with Crippen LogP contribution in [0.25, 0.3) is 0 Å². The monoisotopic (exact) mass is 352 g/mol. The van der Waals surface area contributed by atoms with Crippen LogP contribution in [0.4, 0.5) is 0 Å². The molecule has 0 saturated heterocycles. The number of hydrogen-bond acceptors (Lipinski definition) is 3. The molecular weight excluding hydrogens is 312 g/mol. The van der Waals surface area contributed by atoms with Crippen molar-refractivity contribution in [1.29, 1.82) is 0 Å². The fraction of sp³-hybridized carbons (Fsp3) is 0.818.